The molecule has 0 heterocycles. The van der Waals surface area contributed by atoms with Gasteiger partial charge in [0.05, 0.1) is 6.10 Å². The van der Waals surface area contributed by atoms with Crippen LogP contribution in [0.4, 0.5) is 4.39 Å². The molecule has 264 valence electrons. The molecule has 3 saturated carbocycles. The maximum atomic E-state index is 16.9. The van der Waals surface area contributed by atoms with Gasteiger partial charge in [-0.05, 0) is 63.0 Å². The fraction of sp³-hybridized carbons (Fsp3) is 0.727. The monoisotopic (exact) mass is 660 g/mol. The van der Waals surface area contributed by atoms with Crippen LogP contribution in [0.15, 0.2) is 23.8 Å². The van der Waals surface area contributed by atoms with E-state index in [2.05, 4.69) is 0 Å². The Morgan fingerprint density at radius 3 is 1.91 bits per heavy atom. The number of hydrogen-bond acceptors (Lipinski definition) is 8. The summed E-state index contributed by atoms with van der Waals surface area (Å²) >= 11 is 0. The highest BCUT2D eigenvalue weighted by Crippen LogP contribution is 2.70. The van der Waals surface area contributed by atoms with Crippen LogP contribution in [0.25, 0.3) is 0 Å². The fourth-order valence-corrected chi connectivity index (χ4v) is 7.59. The lowest BCUT2D eigenvalue weighted by Gasteiger charge is -2.62. The van der Waals surface area contributed by atoms with Gasteiger partial charge in [0.2, 0.25) is 0 Å². The molecule has 0 aromatic carbocycles. The normalized spacial score (nSPS) is 34.9. The summed E-state index contributed by atoms with van der Waals surface area (Å²) in [5.41, 5.74) is -5.17. The average Bonchev–Trinajstić information content (AvgIpc) is 3.18. The number of aliphatic carboxylic acids is 3. The highest BCUT2D eigenvalue weighted by Gasteiger charge is 2.75. The minimum Gasteiger partial charge on any atom is -0.481 e. The van der Waals surface area contributed by atoms with E-state index in [0.717, 1.165) is 12.8 Å². The van der Waals surface area contributed by atoms with E-state index in [1.165, 1.54) is 12.2 Å². The lowest BCUT2D eigenvalue weighted by Crippen LogP contribution is -2.69. The number of unbranched alkanes of at least 4 members (excludes halogenated alkanes) is 1. The first-order valence-electron chi connectivity index (χ1n) is 15.6. The second kappa shape index (κ2) is 17.2. The molecular weight excluding hydrogens is 607 g/mol. The molecule has 0 bridgehead atoms. The SMILES string of the molecule is CCC(=O)O.CCC(=O)O.CCCCC(=O)O.C[C@H]1C[C@H]2[C@@H]3CCC4=CC(=O)C=C[C@]4(C)[C@@]3(F)[C@@H](O)C[C@]2(C)[C@@]1(O)C(=O)CO.O. The molecule has 0 aromatic heterocycles. The number of ketones is 2. The summed E-state index contributed by atoms with van der Waals surface area (Å²) in [7, 11) is 0. The molecule has 12 nitrogen and oxygen atoms in total. The van der Waals surface area contributed by atoms with Gasteiger partial charge in [-0.3, -0.25) is 24.0 Å². The van der Waals surface area contributed by atoms with Crippen LogP contribution in [0.1, 0.15) is 99.3 Å². The number of carboxylic acid groups (broad SMARTS) is 3. The van der Waals surface area contributed by atoms with Gasteiger partial charge in [0.15, 0.2) is 17.2 Å². The van der Waals surface area contributed by atoms with E-state index in [9.17, 15) is 39.3 Å². The molecule has 8 atom stereocenters. The van der Waals surface area contributed by atoms with Crippen molar-refractivity contribution in [2.24, 2.45) is 28.6 Å². The summed E-state index contributed by atoms with van der Waals surface area (Å²) in [5.74, 6) is -4.30. The van der Waals surface area contributed by atoms with Gasteiger partial charge in [0, 0.05) is 36.0 Å². The smallest absolute Gasteiger partial charge is 0.303 e. The van der Waals surface area contributed by atoms with Crippen molar-refractivity contribution in [1.29, 1.82) is 0 Å². The molecule has 0 aromatic rings. The number of carbonyl (C=O) groups is 5. The molecule has 0 radical (unpaired) electrons. The summed E-state index contributed by atoms with van der Waals surface area (Å²) < 4.78 is 16.9. The van der Waals surface area contributed by atoms with Crippen molar-refractivity contribution in [3.63, 3.8) is 0 Å². The number of carboxylic acids is 3. The summed E-state index contributed by atoms with van der Waals surface area (Å²) in [6.07, 6.45) is 6.97. The number of aliphatic hydroxyl groups excluding tert-OH is 2. The summed E-state index contributed by atoms with van der Waals surface area (Å²) in [6.45, 7) is 9.65. The van der Waals surface area contributed by atoms with Crippen molar-refractivity contribution in [2.75, 3.05) is 6.61 Å². The van der Waals surface area contributed by atoms with Crippen molar-refractivity contribution < 1.29 is 64.5 Å². The van der Waals surface area contributed by atoms with Gasteiger partial charge in [-0.15, -0.1) is 0 Å². The number of fused-ring (bicyclic) bond motifs is 5. The minimum absolute atomic E-state index is 0. The maximum absolute atomic E-state index is 16.9. The molecule has 13 heteroatoms. The van der Waals surface area contributed by atoms with Crippen LogP contribution >= 0.6 is 0 Å². The predicted molar refractivity (Wildman–Crippen MR) is 167 cm³/mol. The summed E-state index contributed by atoms with van der Waals surface area (Å²) in [5, 5.41) is 55.5. The minimum atomic E-state index is -1.98. The summed E-state index contributed by atoms with van der Waals surface area (Å²) in [6, 6.07) is 0. The molecule has 0 spiro atoms. The van der Waals surface area contributed by atoms with E-state index >= 15 is 4.39 Å². The molecule has 0 unspecified atom stereocenters. The molecule has 46 heavy (non-hydrogen) atoms. The molecular formula is C33H53FO12. The number of rotatable bonds is 7. The molecule has 4 rings (SSSR count). The van der Waals surface area contributed by atoms with Gasteiger partial charge in [-0.25, -0.2) is 4.39 Å². The molecule has 4 aliphatic carbocycles. The van der Waals surface area contributed by atoms with Crippen LogP contribution in [0.2, 0.25) is 0 Å². The van der Waals surface area contributed by atoms with Crippen molar-refractivity contribution in [2.45, 2.75) is 117 Å². The van der Waals surface area contributed by atoms with Gasteiger partial charge in [0.25, 0.3) is 0 Å². The summed E-state index contributed by atoms with van der Waals surface area (Å²) in [4.78, 5) is 52.9. The average molecular weight is 661 g/mol. The van der Waals surface area contributed by atoms with Gasteiger partial charge in [-0.2, -0.15) is 0 Å². The topological polar surface area (TPSA) is 238 Å². The van der Waals surface area contributed by atoms with Crippen molar-refractivity contribution in [3.8, 4) is 0 Å². The largest absolute Gasteiger partial charge is 0.481 e. The van der Waals surface area contributed by atoms with E-state index in [0.29, 0.717) is 31.3 Å². The zero-order chi connectivity index (χ0) is 35.0. The zero-order valence-electron chi connectivity index (χ0n) is 27.7. The van der Waals surface area contributed by atoms with Crippen LogP contribution in [0.5, 0.6) is 0 Å². The molecule has 0 aliphatic heterocycles. The van der Waals surface area contributed by atoms with Crippen LogP contribution in [0, 0.1) is 28.6 Å². The van der Waals surface area contributed by atoms with Gasteiger partial charge in [-0.1, -0.05) is 52.7 Å². The quantitative estimate of drug-likeness (QED) is 0.232. The highest BCUT2D eigenvalue weighted by atomic mass is 19.1. The molecule has 8 N–H and O–H groups in total. The Kier molecular flexibility index (Phi) is 16.1. The van der Waals surface area contributed by atoms with E-state index in [1.54, 1.807) is 40.7 Å². The van der Waals surface area contributed by atoms with Crippen LogP contribution in [-0.4, -0.2) is 89.6 Å². The van der Waals surface area contributed by atoms with Gasteiger partial charge < -0.3 is 36.1 Å². The number of Topliss-reactive ketones (excluding diaryl/α,β-unsaturated/α-hetero) is 1. The van der Waals surface area contributed by atoms with Crippen LogP contribution < -0.4 is 0 Å². The predicted octanol–water partition coefficient (Wildman–Crippen LogP) is 3.29. The first-order chi connectivity index (χ1) is 20.8. The second-order valence-electron chi connectivity index (χ2n) is 12.7. The van der Waals surface area contributed by atoms with Crippen molar-refractivity contribution in [3.05, 3.63) is 23.8 Å². The molecule has 0 amide bonds. The Balaban J connectivity index is 0.000000932. The number of carbonyl (C=O) groups excluding carboxylic acids is 2. The Bertz CT molecular complexity index is 1150. The third-order valence-corrected chi connectivity index (χ3v) is 10.1. The molecule has 4 aliphatic rings. The van der Waals surface area contributed by atoms with Crippen LogP contribution in [-0.2, 0) is 24.0 Å². The van der Waals surface area contributed by atoms with Crippen LogP contribution in [0.3, 0.4) is 0 Å². The number of halogens is 1. The number of allylic oxidation sites excluding steroid dienone is 4. The Hall–Kier alpha value is -3.00. The maximum Gasteiger partial charge on any atom is 0.303 e. The third kappa shape index (κ3) is 8.28. The first kappa shape index (κ1) is 43.0. The van der Waals surface area contributed by atoms with Crippen molar-refractivity contribution >= 4 is 29.5 Å². The zero-order valence-corrected chi connectivity index (χ0v) is 27.7. The standard InChI is InChI=1S/C22H29FO5.C5H10O2.2C3H6O2.H2O/c1-12-8-16-15-5-4-13-9-14(25)6-7-19(13,2)21(15,23)17(26)10-20(16,3)22(12,28)18(27)11-24;1-2-3-4-5(6)7;2*1-2-3(4)5;/h6-7,9,12,15-17,24,26,28H,4-5,8,10-11H2,1-3H3;2-4H2,1H3,(H,6,7);2*2H2,1H3,(H,4,5);1H2/t12-,15-,16-,17-,19-,20-,21-,22-;;;;/m0..../s1. The van der Waals surface area contributed by atoms with Gasteiger partial charge in [0.1, 0.15) is 12.2 Å². The Labute approximate surface area is 269 Å². The fourth-order valence-electron chi connectivity index (χ4n) is 7.59. The number of hydrogen-bond donors (Lipinski definition) is 6. The van der Waals surface area contributed by atoms with Crippen molar-refractivity contribution in [1.82, 2.24) is 0 Å². The third-order valence-electron chi connectivity index (χ3n) is 10.1. The van der Waals surface area contributed by atoms with Gasteiger partial charge >= 0.3 is 17.9 Å². The molecule has 0 saturated heterocycles. The Morgan fingerprint density at radius 1 is 0.978 bits per heavy atom. The van der Waals surface area contributed by atoms with E-state index in [1.807, 2.05) is 6.92 Å². The van der Waals surface area contributed by atoms with E-state index in [-0.39, 0.29) is 36.4 Å². The lowest BCUT2D eigenvalue weighted by atomic mass is 9.44. The van der Waals surface area contributed by atoms with E-state index in [4.69, 9.17) is 15.3 Å². The second-order valence-corrected chi connectivity index (χ2v) is 12.7. The number of aliphatic hydroxyl groups is 3. The number of alkyl halides is 1. The Morgan fingerprint density at radius 2 is 1.50 bits per heavy atom. The first-order valence-corrected chi connectivity index (χ1v) is 15.6. The highest BCUT2D eigenvalue weighted by molar-refractivity contribution is 6.01. The van der Waals surface area contributed by atoms with E-state index < -0.39 is 70.3 Å². The molecule has 3 fully saturated rings. The lowest BCUT2D eigenvalue weighted by molar-refractivity contribution is -0.219.